The SMILES string of the molecule is CCc1ccc2ccccc2c1-n1nnnc1-c1ccccc1. The average Bonchev–Trinajstić information content (AvgIpc) is 3.10. The summed E-state index contributed by atoms with van der Waals surface area (Å²) in [7, 11) is 0. The number of hydrogen-bond donors (Lipinski definition) is 0. The highest BCUT2D eigenvalue weighted by Crippen LogP contribution is 2.29. The van der Waals surface area contributed by atoms with Gasteiger partial charge in [-0.25, -0.2) is 0 Å². The number of nitrogens with zero attached hydrogens (tertiary/aromatic N) is 4. The number of rotatable bonds is 3. The number of tetrazole rings is 1. The maximum atomic E-state index is 4.28. The molecule has 0 atom stereocenters. The molecule has 23 heavy (non-hydrogen) atoms. The molecule has 0 N–H and O–H groups in total. The average molecular weight is 300 g/mol. The van der Waals surface area contributed by atoms with Gasteiger partial charge >= 0.3 is 0 Å². The first-order valence-corrected chi connectivity index (χ1v) is 7.73. The largest absolute Gasteiger partial charge is 0.192 e. The summed E-state index contributed by atoms with van der Waals surface area (Å²) in [6.07, 6.45) is 0.925. The lowest BCUT2D eigenvalue weighted by molar-refractivity contribution is 0.788. The summed E-state index contributed by atoms with van der Waals surface area (Å²) in [6.45, 7) is 2.15. The van der Waals surface area contributed by atoms with Crippen molar-refractivity contribution in [2.75, 3.05) is 0 Å². The van der Waals surface area contributed by atoms with Crippen molar-refractivity contribution in [1.29, 1.82) is 0 Å². The molecule has 0 aliphatic rings. The highest BCUT2D eigenvalue weighted by molar-refractivity contribution is 5.92. The van der Waals surface area contributed by atoms with Crippen LogP contribution in [0.1, 0.15) is 12.5 Å². The van der Waals surface area contributed by atoms with Crippen LogP contribution in [-0.2, 0) is 6.42 Å². The van der Waals surface area contributed by atoms with Crippen molar-refractivity contribution < 1.29 is 0 Å². The quantitative estimate of drug-likeness (QED) is 0.573. The van der Waals surface area contributed by atoms with Crippen LogP contribution in [0, 0.1) is 0 Å². The van der Waals surface area contributed by atoms with E-state index in [0.29, 0.717) is 0 Å². The number of benzene rings is 3. The molecule has 0 saturated carbocycles. The van der Waals surface area contributed by atoms with Crippen molar-refractivity contribution >= 4 is 10.8 Å². The molecule has 0 fully saturated rings. The van der Waals surface area contributed by atoms with Crippen LogP contribution in [0.25, 0.3) is 27.8 Å². The summed E-state index contributed by atoms with van der Waals surface area (Å²) in [5.74, 6) is 0.761. The summed E-state index contributed by atoms with van der Waals surface area (Å²) in [6, 6.07) is 22.7. The molecule has 0 aliphatic carbocycles. The number of aromatic nitrogens is 4. The minimum absolute atomic E-state index is 0.761. The van der Waals surface area contributed by atoms with Gasteiger partial charge in [0.1, 0.15) is 0 Å². The molecule has 4 heteroatoms. The smallest absolute Gasteiger partial charge is 0.187 e. The fourth-order valence-electron chi connectivity index (χ4n) is 2.94. The molecule has 0 spiro atoms. The van der Waals surface area contributed by atoms with Gasteiger partial charge in [-0.3, -0.25) is 0 Å². The third-order valence-corrected chi connectivity index (χ3v) is 4.08. The van der Waals surface area contributed by atoms with Crippen molar-refractivity contribution in [1.82, 2.24) is 20.2 Å². The Hall–Kier alpha value is -3.01. The monoisotopic (exact) mass is 300 g/mol. The first-order valence-electron chi connectivity index (χ1n) is 7.73. The Morgan fingerprint density at radius 2 is 1.65 bits per heavy atom. The Balaban J connectivity index is 2.03. The molecule has 4 aromatic rings. The molecule has 1 heterocycles. The Morgan fingerprint density at radius 1 is 0.870 bits per heavy atom. The molecule has 0 unspecified atom stereocenters. The Bertz CT molecular complexity index is 957. The molecule has 0 bridgehead atoms. The Labute approximate surface area is 134 Å². The van der Waals surface area contributed by atoms with Crippen LogP contribution in [0.2, 0.25) is 0 Å². The lowest BCUT2D eigenvalue weighted by Gasteiger charge is -2.13. The molecule has 0 aliphatic heterocycles. The van der Waals surface area contributed by atoms with E-state index in [1.807, 2.05) is 35.0 Å². The van der Waals surface area contributed by atoms with Crippen molar-refractivity contribution in [2.24, 2.45) is 0 Å². The van der Waals surface area contributed by atoms with Gasteiger partial charge in [0.25, 0.3) is 0 Å². The normalized spacial score (nSPS) is 11.0. The van der Waals surface area contributed by atoms with Gasteiger partial charge in [0.15, 0.2) is 5.82 Å². The van der Waals surface area contributed by atoms with Crippen LogP contribution < -0.4 is 0 Å². The zero-order valence-corrected chi connectivity index (χ0v) is 12.8. The van der Waals surface area contributed by atoms with Crippen molar-refractivity contribution in [3.63, 3.8) is 0 Å². The maximum Gasteiger partial charge on any atom is 0.187 e. The first kappa shape index (κ1) is 13.6. The van der Waals surface area contributed by atoms with Crippen LogP contribution in [-0.4, -0.2) is 20.2 Å². The molecular formula is C19H16N4. The minimum Gasteiger partial charge on any atom is -0.192 e. The van der Waals surface area contributed by atoms with E-state index in [1.165, 1.54) is 10.9 Å². The summed E-state index contributed by atoms with van der Waals surface area (Å²) in [5, 5.41) is 14.8. The molecule has 4 rings (SSSR count). The van der Waals surface area contributed by atoms with Gasteiger partial charge in [0, 0.05) is 10.9 Å². The molecule has 112 valence electrons. The van der Waals surface area contributed by atoms with Crippen LogP contribution in [0.4, 0.5) is 0 Å². The van der Waals surface area contributed by atoms with Gasteiger partial charge in [-0.2, -0.15) is 4.68 Å². The third kappa shape index (κ3) is 2.28. The Kier molecular flexibility index (Phi) is 3.35. The fourth-order valence-corrected chi connectivity index (χ4v) is 2.94. The van der Waals surface area contributed by atoms with Crippen molar-refractivity contribution in [3.8, 4) is 17.1 Å². The van der Waals surface area contributed by atoms with Crippen LogP contribution in [0.15, 0.2) is 66.7 Å². The lowest BCUT2D eigenvalue weighted by Crippen LogP contribution is -2.04. The lowest BCUT2D eigenvalue weighted by atomic mass is 10.0. The van der Waals surface area contributed by atoms with E-state index in [-0.39, 0.29) is 0 Å². The predicted octanol–water partition coefficient (Wildman–Crippen LogP) is 4.04. The van der Waals surface area contributed by atoms with Crippen LogP contribution in [0.5, 0.6) is 0 Å². The number of hydrogen-bond acceptors (Lipinski definition) is 3. The van der Waals surface area contributed by atoms with Gasteiger partial charge in [0.05, 0.1) is 5.69 Å². The zero-order valence-electron chi connectivity index (χ0n) is 12.8. The molecular weight excluding hydrogens is 284 g/mol. The predicted molar refractivity (Wildman–Crippen MR) is 91.5 cm³/mol. The summed E-state index contributed by atoms with van der Waals surface area (Å²) in [4.78, 5) is 0. The highest BCUT2D eigenvalue weighted by atomic mass is 15.5. The second kappa shape index (κ2) is 5.65. The van der Waals surface area contributed by atoms with E-state index in [1.54, 1.807) is 0 Å². The second-order valence-electron chi connectivity index (χ2n) is 5.43. The van der Waals surface area contributed by atoms with Gasteiger partial charge in [0.2, 0.25) is 0 Å². The van der Waals surface area contributed by atoms with E-state index in [9.17, 15) is 0 Å². The van der Waals surface area contributed by atoms with Crippen molar-refractivity contribution in [3.05, 3.63) is 72.3 Å². The van der Waals surface area contributed by atoms with E-state index in [2.05, 4.69) is 58.8 Å². The van der Waals surface area contributed by atoms with E-state index >= 15 is 0 Å². The maximum absolute atomic E-state index is 4.28. The van der Waals surface area contributed by atoms with Crippen LogP contribution in [0.3, 0.4) is 0 Å². The van der Waals surface area contributed by atoms with Gasteiger partial charge < -0.3 is 0 Å². The molecule has 4 nitrogen and oxygen atoms in total. The second-order valence-corrected chi connectivity index (χ2v) is 5.43. The van der Waals surface area contributed by atoms with Crippen LogP contribution >= 0.6 is 0 Å². The van der Waals surface area contributed by atoms with E-state index < -0.39 is 0 Å². The van der Waals surface area contributed by atoms with Gasteiger partial charge in [-0.15, -0.1) is 5.10 Å². The standard InChI is InChI=1S/C19H16N4/c1-2-14-12-13-15-8-6-7-11-17(15)18(14)23-19(20-21-22-23)16-9-4-3-5-10-16/h3-13H,2H2,1H3. The van der Waals surface area contributed by atoms with Gasteiger partial charge in [-0.1, -0.05) is 73.7 Å². The molecule has 0 amide bonds. The molecule has 0 saturated heterocycles. The highest BCUT2D eigenvalue weighted by Gasteiger charge is 2.15. The number of aryl methyl sites for hydroxylation is 1. The summed E-state index contributed by atoms with van der Waals surface area (Å²) in [5.41, 5.74) is 3.30. The third-order valence-electron chi connectivity index (χ3n) is 4.08. The summed E-state index contributed by atoms with van der Waals surface area (Å²) < 4.78 is 1.86. The topological polar surface area (TPSA) is 43.6 Å². The molecule has 3 aromatic carbocycles. The first-order chi connectivity index (χ1) is 11.4. The molecule has 1 aromatic heterocycles. The minimum atomic E-state index is 0.761. The van der Waals surface area contributed by atoms with E-state index in [0.717, 1.165) is 28.9 Å². The Morgan fingerprint density at radius 3 is 2.48 bits per heavy atom. The summed E-state index contributed by atoms with van der Waals surface area (Å²) >= 11 is 0. The fraction of sp³-hybridized carbons (Fsp3) is 0.105. The zero-order chi connectivity index (χ0) is 15.6. The van der Waals surface area contributed by atoms with Crippen molar-refractivity contribution in [2.45, 2.75) is 13.3 Å². The van der Waals surface area contributed by atoms with E-state index in [4.69, 9.17) is 0 Å². The number of fused-ring (bicyclic) bond motifs is 1. The molecule has 0 radical (unpaired) electrons. The van der Waals surface area contributed by atoms with Gasteiger partial charge in [-0.05, 0) is 27.8 Å².